The number of sulfonamides is 1. The molecule has 0 aliphatic heterocycles. The molecule has 0 spiro atoms. The number of halogens is 2. The van der Waals surface area contributed by atoms with E-state index in [0.717, 1.165) is 16.1 Å². The van der Waals surface area contributed by atoms with Crippen LogP contribution in [0.4, 0.5) is 0 Å². The molecule has 0 atom stereocenters. The molecule has 1 aromatic heterocycles. The Bertz CT molecular complexity index is 714. The molecule has 0 aliphatic rings. The topological polar surface area (TPSA) is 58.2 Å². The molecular weight excluding hydrogens is 351 g/mol. The van der Waals surface area contributed by atoms with E-state index in [1.807, 2.05) is 19.9 Å². The molecule has 0 saturated carbocycles. The highest BCUT2D eigenvalue weighted by molar-refractivity contribution is 7.90. The van der Waals surface area contributed by atoms with Gasteiger partial charge in [0.15, 0.2) is 0 Å². The van der Waals surface area contributed by atoms with Crippen molar-refractivity contribution >= 4 is 55.5 Å². The summed E-state index contributed by atoms with van der Waals surface area (Å²) < 4.78 is 28.4. The number of likely N-dealkylation sites (N-methyl/N-ethyl adjacent to an activating group) is 1. The van der Waals surface area contributed by atoms with Gasteiger partial charge in [-0.2, -0.15) is 0 Å². The summed E-state index contributed by atoms with van der Waals surface area (Å²) in [5.74, 6) is 0. The van der Waals surface area contributed by atoms with Crippen molar-refractivity contribution in [3.63, 3.8) is 0 Å². The first kappa shape index (κ1) is 18.7. The van der Waals surface area contributed by atoms with Gasteiger partial charge in [0.2, 0.25) is 10.0 Å². The molecule has 0 amide bonds. The van der Waals surface area contributed by atoms with Gasteiger partial charge in [0.1, 0.15) is 4.90 Å². The first-order chi connectivity index (χ1) is 9.45. The van der Waals surface area contributed by atoms with E-state index >= 15 is 0 Å². The van der Waals surface area contributed by atoms with E-state index in [0.29, 0.717) is 28.4 Å². The lowest BCUT2D eigenvalue weighted by molar-refractivity contribution is 0.578. The van der Waals surface area contributed by atoms with Crippen molar-refractivity contribution < 1.29 is 8.42 Å². The van der Waals surface area contributed by atoms with Crippen molar-refractivity contribution in [2.75, 3.05) is 19.6 Å². The Hall–Kier alpha value is -0.370. The summed E-state index contributed by atoms with van der Waals surface area (Å²) in [6.07, 6.45) is 0. The molecule has 0 unspecified atom stereocenters. The summed E-state index contributed by atoms with van der Waals surface area (Å²) in [4.78, 5) is 1.12. The molecule has 2 aromatic rings. The average molecular weight is 369 g/mol. The van der Waals surface area contributed by atoms with Gasteiger partial charge in [-0.25, -0.2) is 13.1 Å². The number of aryl methyl sites for hydroxylation is 1. The Balaban J connectivity index is 0.00000220. The van der Waals surface area contributed by atoms with Crippen LogP contribution in [0.3, 0.4) is 0 Å². The van der Waals surface area contributed by atoms with Crippen molar-refractivity contribution in [1.82, 2.24) is 10.0 Å². The Morgan fingerprint density at radius 1 is 1.29 bits per heavy atom. The van der Waals surface area contributed by atoms with Crippen LogP contribution in [0.25, 0.3) is 10.1 Å². The number of benzene rings is 1. The Labute approximate surface area is 140 Å². The third-order valence-electron chi connectivity index (χ3n) is 2.88. The Morgan fingerprint density at radius 2 is 2.00 bits per heavy atom. The van der Waals surface area contributed by atoms with Crippen LogP contribution in [0, 0.1) is 6.92 Å². The fraction of sp³-hybridized carbons (Fsp3) is 0.385. The largest absolute Gasteiger partial charge is 0.316 e. The number of hydrogen-bond acceptors (Lipinski definition) is 4. The van der Waals surface area contributed by atoms with E-state index in [1.54, 1.807) is 12.1 Å². The molecule has 4 nitrogen and oxygen atoms in total. The van der Waals surface area contributed by atoms with Crippen LogP contribution in [-0.4, -0.2) is 28.1 Å². The van der Waals surface area contributed by atoms with E-state index < -0.39 is 10.0 Å². The molecule has 0 radical (unpaired) electrons. The maximum Gasteiger partial charge on any atom is 0.242 e. The van der Waals surface area contributed by atoms with E-state index in [2.05, 4.69) is 10.0 Å². The Kier molecular flexibility index (Phi) is 6.90. The quantitative estimate of drug-likeness (QED) is 0.769. The lowest BCUT2D eigenvalue weighted by Gasteiger charge is -2.07. The molecular formula is C13H18Cl2N2O2S2. The minimum Gasteiger partial charge on any atom is -0.316 e. The lowest BCUT2D eigenvalue weighted by atomic mass is 10.2. The summed E-state index contributed by atoms with van der Waals surface area (Å²) in [7, 11) is -3.51. The van der Waals surface area contributed by atoms with Crippen LogP contribution in [0.1, 0.15) is 11.8 Å². The van der Waals surface area contributed by atoms with Crippen LogP contribution in [0.15, 0.2) is 23.1 Å². The van der Waals surface area contributed by atoms with Crippen molar-refractivity contribution in [1.29, 1.82) is 0 Å². The highest BCUT2D eigenvalue weighted by atomic mass is 35.5. The van der Waals surface area contributed by atoms with E-state index in [-0.39, 0.29) is 12.4 Å². The minimum absolute atomic E-state index is 0. The highest BCUT2D eigenvalue weighted by Gasteiger charge is 2.22. The van der Waals surface area contributed by atoms with E-state index in [4.69, 9.17) is 11.6 Å². The van der Waals surface area contributed by atoms with Gasteiger partial charge >= 0.3 is 0 Å². The van der Waals surface area contributed by atoms with Gasteiger partial charge in [0, 0.05) is 33.1 Å². The standard InChI is InChI=1S/C13H17ClN2O2S2.ClH/c1-3-15-6-7-16-20(17,18)13-9(2)19-12-5-4-10(14)8-11(12)13;/h4-5,8,15-16H,3,6-7H2,1-2H3;1H. The number of fused-ring (bicyclic) bond motifs is 1. The summed E-state index contributed by atoms with van der Waals surface area (Å²) in [6.45, 7) is 5.59. The van der Waals surface area contributed by atoms with Gasteiger partial charge in [-0.05, 0) is 31.7 Å². The third kappa shape index (κ3) is 4.31. The molecule has 1 heterocycles. The van der Waals surface area contributed by atoms with Crippen LogP contribution >= 0.6 is 35.3 Å². The molecule has 118 valence electrons. The summed E-state index contributed by atoms with van der Waals surface area (Å²) in [5, 5.41) is 4.31. The van der Waals surface area contributed by atoms with Gasteiger partial charge in [-0.15, -0.1) is 23.7 Å². The normalized spacial score (nSPS) is 11.6. The first-order valence-corrected chi connectivity index (χ1v) is 9.02. The predicted octanol–water partition coefficient (Wildman–Crippen LogP) is 3.17. The van der Waals surface area contributed by atoms with Crippen molar-refractivity contribution in [3.8, 4) is 0 Å². The molecule has 0 saturated heterocycles. The average Bonchev–Trinajstić information content (AvgIpc) is 2.70. The maximum absolute atomic E-state index is 12.4. The van der Waals surface area contributed by atoms with Gasteiger partial charge in [-0.3, -0.25) is 0 Å². The van der Waals surface area contributed by atoms with Gasteiger partial charge in [0.25, 0.3) is 0 Å². The molecule has 2 N–H and O–H groups in total. The number of hydrogen-bond donors (Lipinski definition) is 2. The van der Waals surface area contributed by atoms with Gasteiger partial charge in [-0.1, -0.05) is 18.5 Å². The van der Waals surface area contributed by atoms with Crippen molar-refractivity contribution in [3.05, 3.63) is 28.1 Å². The first-order valence-electron chi connectivity index (χ1n) is 6.34. The molecule has 8 heteroatoms. The minimum atomic E-state index is -3.51. The number of thiophene rings is 1. The van der Waals surface area contributed by atoms with Crippen LogP contribution in [0.5, 0.6) is 0 Å². The monoisotopic (exact) mass is 368 g/mol. The lowest BCUT2D eigenvalue weighted by Crippen LogP contribution is -2.31. The fourth-order valence-electron chi connectivity index (χ4n) is 2.03. The third-order valence-corrected chi connectivity index (χ3v) is 5.98. The summed E-state index contributed by atoms with van der Waals surface area (Å²) in [5.41, 5.74) is 0. The van der Waals surface area contributed by atoms with Gasteiger partial charge < -0.3 is 5.32 Å². The maximum atomic E-state index is 12.4. The second-order valence-corrected chi connectivity index (χ2v) is 7.78. The molecule has 1 aromatic carbocycles. The van der Waals surface area contributed by atoms with Crippen LogP contribution in [-0.2, 0) is 10.0 Å². The predicted molar refractivity (Wildman–Crippen MR) is 92.6 cm³/mol. The van der Waals surface area contributed by atoms with Crippen LogP contribution in [0.2, 0.25) is 5.02 Å². The van der Waals surface area contributed by atoms with E-state index in [1.165, 1.54) is 11.3 Å². The van der Waals surface area contributed by atoms with Crippen molar-refractivity contribution in [2.24, 2.45) is 0 Å². The zero-order valence-electron chi connectivity index (χ0n) is 11.8. The fourth-order valence-corrected chi connectivity index (χ4v) is 5.01. The van der Waals surface area contributed by atoms with Crippen LogP contribution < -0.4 is 10.0 Å². The SMILES string of the molecule is CCNCCNS(=O)(=O)c1c(C)sc2ccc(Cl)cc12.Cl. The second kappa shape index (κ2) is 7.76. The zero-order valence-corrected chi connectivity index (χ0v) is 15.0. The molecule has 0 bridgehead atoms. The smallest absolute Gasteiger partial charge is 0.242 e. The van der Waals surface area contributed by atoms with Gasteiger partial charge in [0.05, 0.1) is 0 Å². The molecule has 21 heavy (non-hydrogen) atoms. The Morgan fingerprint density at radius 3 is 2.67 bits per heavy atom. The highest BCUT2D eigenvalue weighted by Crippen LogP contribution is 2.35. The molecule has 0 fully saturated rings. The number of nitrogens with one attached hydrogen (secondary N) is 2. The summed E-state index contributed by atoms with van der Waals surface area (Å²) in [6, 6.07) is 5.33. The number of rotatable bonds is 6. The molecule has 0 aliphatic carbocycles. The molecule has 2 rings (SSSR count). The summed E-state index contributed by atoms with van der Waals surface area (Å²) >= 11 is 7.44. The zero-order chi connectivity index (χ0) is 14.8. The van der Waals surface area contributed by atoms with Crippen molar-refractivity contribution in [2.45, 2.75) is 18.7 Å². The second-order valence-electron chi connectivity index (χ2n) is 4.38. The van der Waals surface area contributed by atoms with E-state index in [9.17, 15) is 8.42 Å².